The molecular weight excluding hydrogens is 278 g/mol. The van der Waals surface area contributed by atoms with Gasteiger partial charge in [0.1, 0.15) is 10.9 Å². The second-order valence-corrected chi connectivity index (χ2v) is 7.52. The molecule has 0 aromatic carbocycles. The lowest BCUT2D eigenvalue weighted by atomic mass is 10.0. The summed E-state index contributed by atoms with van der Waals surface area (Å²) >= 11 is 1.53. The van der Waals surface area contributed by atoms with Gasteiger partial charge < -0.3 is 11.1 Å². The first kappa shape index (κ1) is 16.2. The highest BCUT2D eigenvalue weighted by atomic mass is 32.1. The molecule has 3 nitrogen and oxygen atoms in total. The molecule has 116 valence electrons. The Hall–Kier alpha value is -1.21. The number of nitrogens with one attached hydrogen (secondary N) is 1. The molecule has 1 aliphatic carbocycles. The van der Waals surface area contributed by atoms with E-state index in [-0.39, 0.29) is 0 Å². The second kappa shape index (κ2) is 7.70. The second-order valence-electron chi connectivity index (χ2n) is 6.50. The van der Waals surface area contributed by atoms with E-state index in [1.807, 2.05) is 0 Å². The first-order valence-corrected chi connectivity index (χ1v) is 9.01. The Kier molecular flexibility index (Phi) is 5.93. The Labute approximate surface area is 132 Å². The molecule has 1 aromatic heterocycles. The topological polar surface area (TPSA) is 61.8 Å². The van der Waals surface area contributed by atoms with E-state index in [0.29, 0.717) is 10.8 Å². The molecule has 0 amide bonds. The monoisotopic (exact) mass is 305 g/mol. The van der Waals surface area contributed by atoms with Gasteiger partial charge >= 0.3 is 0 Å². The third-order valence-corrected chi connectivity index (χ3v) is 5.15. The molecule has 3 N–H and O–H groups in total. The van der Waals surface area contributed by atoms with Crippen molar-refractivity contribution in [2.75, 3.05) is 17.6 Å². The minimum Gasteiger partial charge on any atom is -0.397 e. The molecule has 1 saturated carbocycles. The molecule has 0 saturated heterocycles. The minimum atomic E-state index is 0.594. The van der Waals surface area contributed by atoms with Gasteiger partial charge in [0.05, 0.1) is 10.7 Å². The summed E-state index contributed by atoms with van der Waals surface area (Å²) in [6.45, 7) is 5.57. The predicted molar refractivity (Wildman–Crippen MR) is 91.8 cm³/mol. The fraction of sp³-hybridized carbons (Fsp3) is 0.706. The summed E-state index contributed by atoms with van der Waals surface area (Å²) in [5.41, 5.74) is 8.05. The molecule has 1 fully saturated rings. The number of hydrogen-bond acceptors (Lipinski definition) is 4. The van der Waals surface area contributed by atoms with Crippen LogP contribution < -0.4 is 11.1 Å². The van der Waals surface area contributed by atoms with E-state index in [0.717, 1.165) is 23.2 Å². The summed E-state index contributed by atoms with van der Waals surface area (Å²) in [7, 11) is 0. The lowest BCUT2D eigenvalue weighted by molar-refractivity contribution is 0.523. The van der Waals surface area contributed by atoms with E-state index in [4.69, 9.17) is 11.0 Å². The van der Waals surface area contributed by atoms with Crippen molar-refractivity contribution in [1.82, 2.24) is 0 Å². The number of unbranched alkanes of at least 4 members (excludes halogenated alkanes) is 3. The fourth-order valence-corrected chi connectivity index (χ4v) is 3.71. The maximum atomic E-state index is 9.12. The summed E-state index contributed by atoms with van der Waals surface area (Å²) in [4.78, 5) is 0.677. The average molecular weight is 305 g/mol. The van der Waals surface area contributed by atoms with E-state index in [2.05, 4.69) is 25.2 Å². The molecule has 1 heterocycles. The molecule has 1 aromatic rings. The van der Waals surface area contributed by atoms with E-state index in [1.54, 1.807) is 0 Å². The highest BCUT2D eigenvalue weighted by Crippen LogP contribution is 2.50. The van der Waals surface area contributed by atoms with Gasteiger partial charge in [0.25, 0.3) is 0 Å². The molecule has 0 radical (unpaired) electrons. The summed E-state index contributed by atoms with van der Waals surface area (Å²) in [6.07, 6.45) is 8.92. The lowest BCUT2D eigenvalue weighted by Crippen LogP contribution is -2.02. The van der Waals surface area contributed by atoms with E-state index >= 15 is 0 Å². The van der Waals surface area contributed by atoms with Crippen molar-refractivity contribution < 1.29 is 0 Å². The molecular formula is C17H27N3S. The van der Waals surface area contributed by atoms with E-state index in [9.17, 15) is 0 Å². The third-order valence-electron chi connectivity index (χ3n) is 4.06. The van der Waals surface area contributed by atoms with Crippen LogP contribution in [0.3, 0.4) is 0 Å². The summed E-state index contributed by atoms with van der Waals surface area (Å²) in [6, 6.07) is 2.22. The van der Waals surface area contributed by atoms with Gasteiger partial charge in [0.15, 0.2) is 0 Å². The summed E-state index contributed by atoms with van der Waals surface area (Å²) in [5, 5.41) is 13.8. The van der Waals surface area contributed by atoms with Crippen LogP contribution in [0.1, 0.15) is 75.2 Å². The maximum absolute atomic E-state index is 9.12. The minimum absolute atomic E-state index is 0.594. The standard InChI is InChI=1S/C17H27N3S/c1-12(2)7-5-3-4-6-10-20-17-15(13-8-9-13)16(19)14(11-18)21-17/h12-13,20H,3-10,19H2,1-2H3. The van der Waals surface area contributed by atoms with E-state index < -0.39 is 0 Å². The third kappa shape index (κ3) is 4.64. The highest BCUT2D eigenvalue weighted by Gasteiger charge is 2.31. The first-order chi connectivity index (χ1) is 10.1. The highest BCUT2D eigenvalue weighted by molar-refractivity contribution is 7.17. The number of nitrogens with zero attached hydrogens (tertiary/aromatic N) is 1. The summed E-state index contributed by atoms with van der Waals surface area (Å²) < 4.78 is 0. The molecule has 0 spiro atoms. The van der Waals surface area contributed by atoms with Crippen LogP contribution >= 0.6 is 11.3 Å². The van der Waals surface area contributed by atoms with Crippen molar-refractivity contribution in [3.63, 3.8) is 0 Å². The number of anilines is 2. The Morgan fingerprint density at radius 3 is 2.62 bits per heavy atom. The molecule has 0 bridgehead atoms. The van der Waals surface area contributed by atoms with Crippen LogP contribution in [0.15, 0.2) is 0 Å². The quantitative estimate of drug-likeness (QED) is 0.624. The normalized spacial score (nSPS) is 14.4. The van der Waals surface area contributed by atoms with Crippen molar-refractivity contribution in [3.8, 4) is 6.07 Å². The van der Waals surface area contributed by atoms with Crippen molar-refractivity contribution >= 4 is 22.0 Å². The average Bonchev–Trinajstić information content (AvgIpc) is 3.22. The Bertz CT molecular complexity index is 495. The van der Waals surface area contributed by atoms with Crippen molar-refractivity contribution in [2.45, 2.75) is 64.7 Å². The largest absolute Gasteiger partial charge is 0.397 e. The van der Waals surface area contributed by atoms with Crippen LogP contribution in [0, 0.1) is 17.2 Å². The number of thiophene rings is 1. The summed E-state index contributed by atoms with van der Waals surface area (Å²) in [5.74, 6) is 1.42. The molecule has 0 aliphatic heterocycles. The Balaban J connectivity index is 1.75. The molecule has 4 heteroatoms. The first-order valence-electron chi connectivity index (χ1n) is 8.19. The SMILES string of the molecule is CC(C)CCCCCCNc1sc(C#N)c(N)c1C1CC1. The Morgan fingerprint density at radius 2 is 2.00 bits per heavy atom. The molecule has 0 unspecified atom stereocenters. The number of rotatable bonds is 9. The van der Waals surface area contributed by atoms with E-state index in [1.165, 1.54) is 61.8 Å². The van der Waals surface area contributed by atoms with Gasteiger partial charge in [-0.2, -0.15) is 5.26 Å². The number of hydrogen-bond donors (Lipinski definition) is 2. The molecule has 1 aliphatic rings. The van der Waals surface area contributed by atoms with Gasteiger partial charge in [-0.25, -0.2) is 0 Å². The van der Waals surface area contributed by atoms with Crippen LogP contribution in [-0.4, -0.2) is 6.54 Å². The molecule has 21 heavy (non-hydrogen) atoms. The van der Waals surface area contributed by atoms with Gasteiger partial charge in [0.2, 0.25) is 0 Å². The predicted octanol–water partition coefficient (Wildman–Crippen LogP) is 5.10. The maximum Gasteiger partial charge on any atom is 0.130 e. The van der Waals surface area contributed by atoms with Gasteiger partial charge in [-0.15, -0.1) is 11.3 Å². The van der Waals surface area contributed by atoms with Crippen LogP contribution in [0.5, 0.6) is 0 Å². The van der Waals surface area contributed by atoms with Gasteiger partial charge in [-0.3, -0.25) is 0 Å². The zero-order chi connectivity index (χ0) is 15.2. The van der Waals surface area contributed by atoms with Crippen LogP contribution in [-0.2, 0) is 0 Å². The zero-order valence-electron chi connectivity index (χ0n) is 13.2. The Morgan fingerprint density at radius 1 is 1.29 bits per heavy atom. The van der Waals surface area contributed by atoms with Crippen LogP contribution in [0.25, 0.3) is 0 Å². The smallest absolute Gasteiger partial charge is 0.130 e. The molecule has 0 atom stereocenters. The zero-order valence-corrected chi connectivity index (χ0v) is 14.1. The van der Waals surface area contributed by atoms with Crippen molar-refractivity contribution in [3.05, 3.63) is 10.4 Å². The van der Waals surface area contributed by atoms with Gasteiger partial charge in [0, 0.05) is 12.1 Å². The number of nitrogen functional groups attached to an aromatic ring is 1. The van der Waals surface area contributed by atoms with Crippen LogP contribution in [0.2, 0.25) is 0 Å². The fourth-order valence-electron chi connectivity index (χ4n) is 2.68. The van der Waals surface area contributed by atoms with Gasteiger partial charge in [-0.1, -0.05) is 39.5 Å². The number of nitrogens with two attached hydrogens (primary N) is 1. The van der Waals surface area contributed by atoms with Gasteiger partial charge in [-0.05, 0) is 31.1 Å². The lowest BCUT2D eigenvalue weighted by Gasteiger charge is -2.08. The van der Waals surface area contributed by atoms with Crippen LogP contribution in [0.4, 0.5) is 10.7 Å². The van der Waals surface area contributed by atoms with Crippen molar-refractivity contribution in [1.29, 1.82) is 5.26 Å². The van der Waals surface area contributed by atoms with Crippen molar-refractivity contribution in [2.24, 2.45) is 5.92 Å². The number of nitriles is 1. The molecule has 2 rings (SSSR count).